The molecule has 0 saturated carbocycles. The van der Waals surface area contributed by atoms with Crippen molar-refractivity contribution in [2.24, 2.45) is 5.92 Å². The fourth-order valence-electron chi connectivity index (χ4n) is 1.76. The van der Waals surface area contributed by atoms with Crippen molar-refractivity contribution >= 4 is 0 Å². The molecule has 16 heavy (non-hydrogen) atoms. The number of aromatic nitrogens is 2. The summed E-state index contributed by atoms with van der Waals surface area (Å²) in [6, 6.07) is 1.20. The van der Waals surface area contributed by atoms with Crippen molar-refractivity contribution in [2.45, 2.75) is 12.3 Å². The minimum Gasteiger partial charge on any atom is -0.396 e. The zero-order valence-corrected chi connectivity index (χ0v) is 8.37. The molecule has 1 aliphatic heterocycles. The van der Waals surface area contributed by atoms with Gasteiger partial charge in [-0.3, -0.25) is 14.3 Å². The van der Waals surface area contributed by atoms with E-state index in [0.29, 0.717) is 0 Å². The van der Waals surface area contributed by atoms with Gasteiger partial charge in [0.15, 0.2) is 0 Å². The van der Waals surface area contributed by atoms with Crippen LogP contribution >= 0.6 is 0 Å². The largest absolute Gasteiger partial charge is 0.396 e. The summed E-state index contributed by atoms with van der Waals surface area (Å²) < 4.78 is 6.42. The lowest BCUT2D eigenvalue weighted by molar-refractivity contribution is -0.246. The summed E-state index contributed by atoms with van der Waals surface area (Å²) in [6.45, 7) is -0.401. The first-order chi connectivity index (χ1) is 7.67. The number of rotatable bonds is 3. The van der Waals surface area contributed by atoms with Gasteiger partial charge in [0.25, 0.3) is 5.56 Å². The Hall–Kier alpha value is -1.44. The van der Waals surface area contributed by atoms with Gasteiger partial charge in [0, 0.05) is 12.3 Å². The molecule has 1 fully saturated rings. The second-order valence-electron chi connectivity index (χ2n) is 3.61. The molecule has 0 spiro atoms. The first-order valence-corrected chi connectivity index (χ1v) is 4.86. The number of H-pyrrole nitrogens is 1. The maximum atomic E-state index is 11.4. The highest BCUT2D eigenvalue weighted by Crippen LogP contribution is 2.35. The topological polar surface area (TPSA) is 105 Å². The number of aromatic amines is 1. The quantitative estimate of drug-likeness (QED) is 0.557. The first-order valence-electron chi connectivity index (χ1n) is 4.86. The van der Waals surface area contributed by atoms with Gasteiger partial charge in [-0.1, -0.05) is 0 Å². The van der Waals surface area contributed by atoms with E-state index in [9.17, 15) is 9.59 Å². The van der Waals surface area contributed by atoms with E-state index in [4.69, 9.17) is 14.9 Å². The zero-order chi connectivity index (χ0) is 11.7. The molecule has 1 aliphatic rings. The summed E-state index contributed by atoms with van der Waals surface area (Å²) in [5.74, 6) is -0.339. The molecular formula is C9H12N2O5. The van der Waals surface area contributed by atoms with Crippen LogP contribution in [0.4, 0.5) is 0 Å². The Bertz CT molecular complexity index is 479. The Morgan fingerprint density at radius 2 is 2.12 bits per heavy atom. The molecule has 2 heterocycles. The highest BCUT2D eigenvalue weighted by molar-refractivity contribution is 4.91. The summed E-state index contributed by atoms with van der Waals surface area (Å²) in [7, 11) is 0. The minimum atomic E-state index is -0.633. The Labute approximate surface area is 89.9 Å². The van der Waals surface area contributed by atoms with Crippen LogP contribution in [0, 0.1) is 5.92 Å². The van der Waals surface area contributed by atoms with Crippen LogP contribution in [-0.2, 0) is 4.74 Å². The molecule has 0 aliphatic carbocycles. The van der Waals surface area contributed by atoms with Crippen molar-refractivity contribution in [3.05, 3.63) is 33.1 Å². The summed E-state index contributed by atoms with van der Waals surface area (Å²) in [5.41, 5.74) is -1.08. The van der Waals surface area contributed by atoms with E-state index < -0.39 is 23.6 Å². The normalized spacial score (nSPS) is 28.8. The second kappa shape index (κ2) is 4.20. The highest BCUT2D eigenvalue weighted by Gasteiger charge is 2.43. The van der Waals surface area contributed by atoms with Gasteiger partial charge in [-0.25, -0.2) is 4.79 Å². The maximum Gasteiger partial charge on any atom is 0.330 e. The number of hydrogen-bond acceptors (Lipinski definition) is 5. The molecule has 2 rings (SSSR count). The standard InChI is InChI=1S/C9H12N2O5/c12-3-5-6(4-13)16-8(5)11-2-1-7(14)10-9(11)15/h1-2,5-6,8,12-13H,3-4H2,(H,10,14,15)/t5-,6-,8-/m1/s1. The second-order valence-corrected chi connectivity index (χ2v) is 3.61. The van der Waals surface area contributed by atoms with Gasteiger partial charge >= 0.3 is 5.69 Å². The van der Waals surface area contributed by atoms with Gasteiger partial charge in [-0.05, 0) is 0 Å². The first kappa shape index (κ1) is 11.1. The van der Waals surface area contributed by atoms with E-state index in [2.05, 4.69) is 4.98 Å². The predicted molar refractivity (Wildman–Crippen MR) is 52.9 cm³/mol. The Morgan fingerprint density at radius 1 is 1.38 bits per heavy atom. The molecule has 0 bridgehead atoms. The molecule has 0 aromatic carbocycles. The van der Waals surface area contributed by atoms with Gasteiger partial charge in [0.05, 0.1) is 25.2 Å². The van der Waals surface area contributed by atoms with Crippen LogP contribution in [0.3, 0.4) is 0 Å². The molecule has 1 saturated heterocycles. The Kier molecular flexibility index (Phi) is 2.90. The van der Waals surface area contributed by atoms with E-state index in [-0.39, 0.29) is 19.1 Å². The molecule has 88 valence electrons. The molecule has 0 amide bonds. The molecule has 1 aromatic rings. The van der Waals surface area contributed by atoms with Gasteiger partial charge in [0.2, 0.25) is 0 Å². The number of aliphatic hydroxyl groups is 2. The molecular weight excluding hydrogens is 216 g/mol. The van der Waals surface area contributed by atoms with Crippen molar-refractivity contribution in [1.82, 2.24) is 9.55 Å². The summed E-state index contributed by atoms with van der Waals surface area (Å²) in [5, 5.41) is 18.0. The molecule has 0 radical (unpaired) electrons. The molecule has 3 atom stereocenters. The van der Waals surface area contributed by atoms with Crippen molar-refractivity contribution in [3.8, 4) is 0 Å². The van der Waals surface area contributed by atoms with Gasteiger partial charge < -0.3 is 14.9 Å². The van der Waals surface area contributed by atoms with E-state index >= 15 is 0 Å². The fourth-order valence-corrected chi connectivity index (χ4v) is 1.76. The van der Waals surface area contributed by atoms with E-state index in [1.54, 1.807) is 0 Å². The van der Waals surface area contributed by atoms with Crippen molar-refractivity contribution in [3.63, 3.8) is 0 Å². The van der Waals surface area contributed by atoms with Crippen molar-refractivity contribution in [1.29, 1.82) is 0 Å². The summed E-state index contributed by atoms with van der Waals surface area (Å²) in [4.78, 5) is 24.4. The van der Waals surface area contributed by atoms with Crippen LogP contribution < -0.4 is 11.2 Å². The molecule has 3 N–H and O–H groups in total. The highest BCUT2D eigenvalue weighted by atomic mass is 16.6. The molecule has 1 aromatic heterocycles. The van der Waals surface area contributed by atoms with Gasteiger partial charge in [-0.15, -0.1) is 0 Å². The van der Waals surface area contributed by atoms with Crippen LogP contribution in [0.5, 0.6) is 0 Å². The van der Waals surface area contributed by atoms with E-state index in [0.717, 1.165) is 0 Å². The van der Waals surface area contributed by atoms with E-state index in [1.807, 2.05) is 0 Å². The summed E-state index contributed by atoms with van der Waals surface area (Å²) in [6.07, 6.45) is 0.211. The lowest BCUT2D eigenvalue weighted by Crippen LogP contribution is -2.52. The molecule has 7 heteroatoms. The molecule has 7 nitrogen and oxygen atoms in total. The van der Waals surface area contributed by atoms with Crippen LogP contribution in [-0.4, -0.2) is 39.1 Å². The van der Waals surface area contributed by atoms with Gasteiger partial charge in [0.1, 0.15) is 6.23 Å². The Morgan fingerprint density at radius 3 is 2.69 bits per heavy atom. The smallest absolute Gasteiger partial charge is 0.330 e. The monoisotopic (exact) mass is 228 g/mol. The van der Waals surface area contributed by atoms with E-state index in [1.165, 1.54) is 16.8 Å². The minimum absolute atomic E-state index is 0.193. The number of nitrogens with one attached hydrogen (secondary N) is 1. The third kappa shape index (κ3) is 1.69. The van der Waals surface area contributed by atoms with Crippen molar-refractivity contribution in [2.75, 3.05) is 13.2 Å². The van der Waals surface area contributed by atoms with Crippen LogP contribution in [0.25, 0.3) is 0 Å². The lowest BCUT2D eigenvalue weighted by atomic mass is 9.95. The van der Waals surface area contributed by atoms with Crippen molar-refractivity contribution < 1.29 is 14.9 Å². The third-order valence-electron chi connectivity index (χ3n) is 2.67. The SMILES string of the molecule is O=c1ccn([C@@H]2O[C@H](CO)[C@H]2CO)c(=O)[nH]1. The van der Waals surface area contributed by atoms with Gasteiger partial charge in [-0.2, -0.15) is 0 Å². The van der Waals surface area contributed by atoms with Crippen LogP contribution in [0.1, 0.15) is 6.23 Å². The molecule has 0 unspecified atom stereocenters. The predicted octanol–water partition coefficient (Wildman–Crippen LogP) is -1.97. The number of ether oxygens (including phenoxy) is 1. The summed E-state index contributed by atoms with van der Waals surface area (Å²) >= 11 is 0. The Balaban J connectivity index is 2.26. The van der Waals surface area contributed by atoms with Crippen LogP contribution in [0.2, 0.25) is 0 Å². The number of hydrogen-bond donors (Lipinski definition) is 3. The lowest BCUT2D eigenvalue weighted by Gasteiger charge is -2.43. The average Bonchev–Trinajstić information content (AvgIpc) is 2.21. The number of nitrogens with zero attached hydrogens (tertiary/aromatic N) is 1. The van der Waals surface area contributed by atoms with Crippen LogP contribution in [0.15, 0.2) is 21.9 Å². The third-order valence-corrected chi connectivity index (χ3v) is 2.67. The maximum absolute atomic E-state index is 11.4. The number of aliphatic hydroxyl groups excluding tert-OH is 2. The fraction of sp³-hybridized carbons (Fsp3) is 0.556. The average molecular weight is 228 g/mol. The zero-order valence-electron chi connectivity index (χ0n) is 8.37.